The molecule has 8 aromatic carbocycles. The summed E-state index contributed by atoms with van der Waals surface area (Å²) >= 11 is 1.84. The van der Waals surface area contributed by atoms with Crippen molar-refractivity contribution < 1.29 is 0 Å². The van der Waals surface area contributed by atoms with Gasteiger partial charge in [-0.25, -0.2) is 0 Å². The van der Waals surface area contributed by atoms with Crippen molar-refractivity contribution in [2.24, 2.45) is 0 Å². The molecular weight excluding hydrogens is 837 g/mol. The topological polar surface area (TPSA) is 64.4 Å². The van der Waals surface area contributed by atoms with Crippen molar-refractivity contribution in [3.8, 4) is 34.5 Å². The molecule has 1 aliphatic carbocycles. The van der Waals surface area contributed by atoms with E-state index >= 15 is 0 Å². The zero-order chi connectivity index (χ0) is 44.0. The Kier molecular flexibility index (Phi) is 7.34. The molecule has 0 amide bonds. The molecule has 13 aromatic rings. The molecule has 0 saturated heterocycles. The van der Waals surface area contributed by atoms with Crippen molar-refractivity contribution >= 4 is 77.2 Å². The average Bonchev–Trinajstić information content (AvgIpc) is 4.10. The van der Waals surface area contributed by atoms with Crippen LogP contribution in [0.2, 0.25) is 0 Å². The largest absolute Gasteiger partial charge is 0.309 e. The maximum atomic E-state index is 9.81. The van der Waals surface area contributed by atoms with Crippen molar-refractivity contribution in [2.45, 2.75) is 15.2 Å². The van der Waals surface area contributed by atoms with E-state index in [-0.39, 0.29) is 0 Å². The second kappa shape index (κ2) is 13.4. The summed E-state index contributed by atoms with van der Waals surface area (Å²) in [5, 5.41) is 16.8. The molecule has 5 aromatic heterocycles. The van der Waals surface area contributed by atoms with Gasteiger partial charge in [-0.15, -0.1) is 0 Å². The van der Waals surface area contributed by atoms with Crippen LogP contribution in [-0.2, 0) is 5.41 Å². The first-order valence-electron chi connectivity index (χ1n) is 22.5. The number of nitriles is 1. The third kappa shape index (κ3) is 4.79. The smallest absolute Gasteiger partial charge is 0.0991 e. The Morgan fingerprint density at radius 1 is 0.373 bits per heavy atom. The Labute approximate surface area is 388 Å². The first-order valence-corrected chi connectivity index (χ1v) is 23.3. The molecule has 0 radical (unpaired) electrons. The molecule has 0 N–H and O–H groups in total. The van der Waals surface area contributed by atoms with Gasteiger partial charge >= 0.3 is 0 Å². The molecule has 1 spiro atoms. The van der Waals surface area contributed by atoms with Crippen LogP contribution in [0.5, 0.6) is 0 Å². The van der Waals surface area contributed by atoms with Gasteiger partial charge in [-0.3, -0.25) is 9.97 Å². The Morgan fingerprint density at radius 2 is 0.776 bits per heavy atom. The predicted molar refractivity (Wildman–Crippen MR) is 271 cm³/mol. The summed E-state index contributed by atoms with van der Waals surface area (Å²) in [5.41, 5.74) is 16.6. The van der Waals surface area contributed by atoms with E-state index in [0.29, 0.717) is 5.56 Å². The fraction of sp³-hybridized carbons (Fsp3) is 0.0167. The fourth-order valence-electron chi connectivity index (χ4n) is 11.8. The van der Waals surface area contributed by atoms with E-state index < -0.39 is 5.41 Å². The minimum Gasteiger partial charge on any atom is -0.309 e. The van der Waals surface area contributed by atoms with Crippen LogP contribution >= 0.6 is 11.8 Å². The quantitative estimate of drug-likeness (QED) is 0.177. The lowest BCUT2D eigenvalue weighted by Crippen LogP contribution is -2.32. The Balaban J connectivity index is 0.985. The standard InChI is InChI=1S/C60H34N6S/c61-35-36-21-25-54-44(31-36)42-13-3-7-19-52(42)64(54)37-22-26-55-45(32-37)43-14-4-8-20-53(43)66(55)39-24-28-57-49(34-39)60(46-15-9-29-62-58(46)59-47(60)16-10-30-63-59)48-33-38(23-27-56(48)67-57)65-50-17-5-1-11-40(50)41-12-2-6-18-51(41)65/h1-34H. The number of hydrogen-bond acceptors (Lipinski definition) is 4. The van der Waals surface area contributed by atoms with E-state index in [9.17, 15) is 5.26 Å². The first-order chi connectivity index (χ1) is 33.2. The molecule has 6 heterocycles. The minimum absolute atomic E-state index is 0.656. The number of rotatable bonds is 3. The van der Waals surface area contributed by atoms with Gasteiger partial charge in [-0.05, 0) is 131 Å². The molecule has 15 rings (SSSR count). The molecule has 310 valence electrons. The van der Waals surface area contributed by atoms with Gasteiger partial charge in [0.25, 0.3) is 0 Å². The van der Waals surface area contributed by atoms with Crippen molar-refractivity contribution in [1.29, 1.82) is 5.26 Å². The fourth-order valence-corrected chi connectivity index (χ4v) is 12.9. The van der Waals surface area contributed by atoms with Crippen LogP contribution in [0.25, 0.3) is 93.9 Å². The molecule has 0 saturated carbocycles. The van der Waals surface area contributed by atoms with Crippen molar-refractivity contribution in [3.63, 3.8) is 0 Å². The number of nitrogens with zero attached hydrogens (tertiary/aromatic N) is 6. The maximum absolute atomic E-state index is 9.81. The zero-order valence-electron chi connectivity index (χ0n) is 35.7. The van der Waals surface area contributed by atoms with Gasteiger partial charge in [0.2, 0.25) is 0 Å². The molecule has 2 aliphatic rings. The number of aromatic nitrogens is 5. The normalized spacial score (nSPS) is 13.4. The Morgan fingerprint density at radius 3 is 1.27 bits per heavy atom. The number of benzene rings is 8. The van der Waals surface area contributed by atoms with Crippen LogP contribution in [0.3, 0.4) is 0 Å². The average molecular weight is 871 g/mol. The van der Waals surface area contributed by atoms with Crippen LogP contribution < -0.4 is 0 Å². The summed E-state index contributed by atoms with van der Waals surface area (Å²) < 4.78 is 7.19. The summed E-state index contributed by atoms with van der Waals surface area (Å²) in [5.74, 6) is 0. The lowest BCUT2D eigenvalue weighted by Gasteiger charge is -2.39. The lowest BCUT2D eigenvalue weighted by molar-refractivity contribution is 0.717. The maximum Gasteiger partial charge on any atom is 0.0991 e. The van der Waals surface area contributed by atoms with E-state index in [4.69, 9.17) is 9.97 Å². The van der Waals surface area contributed by atoms with Gasteiger partial charge in [0.1, 0.15) is 0 Å². The van der Waals surface area contributed by atoms with Crippen molar-refractivity contribution in [1.82, 2.24) is 23.7 Å². The SMILES string of the molecule is N#Cc1ccc2c(c1)c1ccccc1n2-c1ccc2c(c1)c1ccccc1n2-c1ccc2c(c1)C1(c3cc(-n4c5ccccc5c5ccccc54)ccc3S2)c2cccnc2-c2ncccc21. The van der Waals surface area contributed by atoms with Crippen LogP contribution in [0.15, 0.2) is 216 Å². The summed E-state index contributed by atoms with van der Waals surface area (Å²) in [6, 6.07) is 72.7. The first kappa shape index (κ1) is 36.6. The Bertz CT molecular complexity index is 4250. The van der Waals surface area contributed by atoms with E-state index in [2.05, 4.69) is 202 Å². The second-order valence-corrected chi connectivity index (χ2v) is 18.7. The van der Waals surface area contributed by atoms with Crippen LogP contribution in [0, 0.1) is 11.3 Å². The van der Waals surface area contributed by atoms with Crippen LogP contribution in [0.1, 0.15) is 27.8 Å². The molecule has 0 atom stereocenters. The second-order valence-electron chi connectivity index (χ2n) is 17.6. The van der Waals surface area contributed by atoms with Gasteiger partial charge < -0.3 is 13.7 Å². The predicted octanol–water partition coefficient (Wildman–Crippen LogP) is 14.5. The van der Waals surface area contributed by atoms with Crippen molar-refractivity contribution in [2.75, 3.05) is 0 Å². The van der Waals surface area contributed by atoms with Gasteiger partial charge in [0.05, 0.1) is 61.5 Å². The lowest BCUT2D eigenvalue weighted by atomic mass is 9.67. The molecule has 0 bridgehead atoms. The van der Waals surface area contributed by atoms with Crippen molar-refractivity contribution in [3.05, 3.63) is 234 Å². The summed E-state index contributed by atoms with van der Waals surface area (Å²) in [6.45, 7) is 0. The molecule has 0 fully saturated rings. The van der Waals surface area contributed by atoms with Crippen LogP contribution in [0.4, 0.5) is 0 Å². The molecular formula is C60H34N6S. The molecule has 1 aliphatic heterocycles. The highest BCUT2D eigenvalue weighted by Gasteiger charge is 2.52. The number of hydrogen-bond donors (Lipinski definition) is 0. The molecule has 67 heavy (non-hydrogen) atoms. The number of pyridine rings is 2. The highest BCUT2D eigenvalue weighted by molar-refractivity contribution is 7.99. The van der Waals surface area contributed by atoms with Gasteiger partial charge in [-0.2, -0.15) is 5.26 Å². The molecule has 0 unspecified atom stereocenters. The summed E-state index contributed by atoms with van der Waals surface area (Å²) in [6.07, 6.45) is 3.80. The van der Waals surface area contributed by atoms with Gasteiger partial charge in [0.15, 0.2) is 0 Å². The molecule has 7 heteroatoms. The Hall–Kier alpha value is -8.70. The van der Waals surface area contributed by atoms with E-state index in [1.807, 2.05) is 36.3 Å². The van der Waals surface area contributed by atoms with E-state index in [1.54, 1.807) is 0 Å². The third-order valence-electron chi connectivity index (χ3n) is 14.4. The van der Waals surface area contributed by atoms with E-state index in [0.717, 1.165) is 72.4 Å². The summed E-state index contributed by atoms with van der Waals surface area (Å²) in [7, 11) is 0. The zero-order valence-corrected chi connectivity index (χ0v) is 36.5. The van der Waals surface area contributed by atoms with E-state index in [1.165, 1.54) is 53.5 Å². The number of fused-ring (bicyclic) bond motifs is 18. The highest BCUT2D eigenvalue weighted by atomic mass is 32.2. The van der Waals surface area contributed by atoms with Crippen LogP contribution in [-0.4, -0.2) is 23.7 Å². The minimum atomic E-state index is -0.707. The summed E-state index contributed by atoms with van der Waals surface area (Å²) in [4.78, 5) is 12.6. The monoisotopic (exact) mass is 870 g/mol. The van der Waals surface area contributed by atoms with Gasteiger partial charge in [0, 0.05) is 71.6 Å². The number of para-hydroxylation sites is 4. The third-order valence-corrected chi connectivity index (χ3v) is 15.6. The molecule has 6 nitrogen and oxygen atoms in total. The van der Waals surface area contributed by atoms with Gasteiger partial charge in [-0.1, -0.05) is 96.7 Å². The highest BCUT2D eigenvalue weighted by Crippen LogP contribution is 2.62.